The van der Waals surface area contributed by atoms with Gasteiger partial charge in [0.1, 0.15) is 29.5 Å². The molecule has 2 N–H and O–H groups in total. The van der Waals surface area contributed by atoms with Crippen molar-refractivity contribution in [3.63, 3.8) is 0 Å². The van der Waals surface area contributed by atoms with E-state index in [1.807, 2.05) is 54.6 Å². The predicted octanol–water partition coefficient (Wildman–Crippen LogP) is 6.40. The van der Waals surface area contributed by atoms with Gasteiger partial charge in [-0.05, 0) is 75.6 Å². The van der Waals surface area contributed by atoms with Crippen LogP contribution in [0.5, 0.6) is 11.6 Å². The van der Waals surface area contributed by atoms with Crippen LogP contribution in [0.15, 0.2) is 54.6 Å². The predicted molar refractivity (Wildman–Crippen MR) is 184 cm³/mol. The Bertz CT molecular complexity index is 1620. The summed E-state index contributed by atoms with van der Waals surface area (Å²) in [5.74, 6) is 1.17. The van der Waals surface area contributed by atoms with Gasteiger partial charge in [-0.25, -0.2) is 9.78 Å². The molecule has 5 atom stereocenters. The Labute approximate surface area is 282 Å². The van der Waals surface area contributed by atoms with Crippen LogP contribution in [0.4, 0.5) is 4.79 Å². The first-order valence-corrected chi connectivity index (χ1v) is 17.4. The third-order valence-corrected chi connectivity index (χ3v) is 9.51. The second-order valence-electron chi connectivity index (χ2n) is 14.4. The van der Waals surface area contributed by atoms with Crippen molar-refractivity contribution in [2.24, 2.45) is 5.92 Å². The Balaban J connectivity index is 1.30. The second-order valence-corrected chi connectivity index (χ2v) is 14.4. The number of methoxy groups -OCH3 is 1. The van der Waals surface area contributed by atoms with Crippen molar-refractivity contribution in [3.05, 3.63) is 54.6 Å². The van der Waals surface area contributed by atoms with Gasteiger partial charge in [0.15, 0.2) is 0 Å². The van der Waals surface area contributed by atoms with Crippen molar-refractivity contribution in [3.8, 4) is 22.9 Å². The summed E-state index contributed by atoms with van der Waals surface area (Å²) < 4.78 is 17.7. The van der Waals surface area contributed by atoms with Gasteiger partial charge in [-0.3, -0.25) is 9.59 Å². The molecule has 1 aliphatic carbocycles. The maximum atomic E-state index is 14.3. The fraction of sp³-hybridized carbons (Fsp3) is 0.526. The zero-order valence-electron chi connectivity index (χ0n) is 28.5. The molecule has 3 aliphatic rings. The van der Waals surface area contributed by atoms with E-state index >= 15 is 0 Å². The number of nitrogens with zero attached hydrogens (tertiary/aromatic N) is 2. The molecule has 3 fully saturated rings. The van der Waals surface area contributed by atoms with Crippen LogP contribution in [0.25, 0.3) is 22.0 Å². The van der Waals surface area contributed by atoms with Crippen LogP contribution in [0.3, 0.4) is 0 Å². The highest BCUT2D eigenvalue weighted by Crippen LogP contribution is 2.37. The highest BCUT2D eigenvalue weighted by molar-refractivity contribution is 5.93. The standard InChI is InChI=1S/C38H48N4O6/c1-38(2,3)48-37(45)41-30-16-12-7-5-6-9-15-25-20-32(25)39-34(43)33-22-28(23-42(33)36(30)44)47-35-29-18-17-27(46-4)19-26(29)21-31(40-35)24-13-10-8-11-14-24/h8,10-11,13-14,17-19,21,25,28,30,32-33H,5-7,9,12,15-16,20,22-23H2,1-4H3,(H,39,43)(H,41,45)/t25-,28-,30+,32-,33+/m1/s1. The Morgan fingerprint density at radius 2 is 1.71 bits per heavy atom. The first-order valence-electron chi connectivity index (χ1n) is 17.4. The number of carbonyl (C=O) groups is 3. The topological polar surface area (TPSA) is 119 Å². The SMILES string of the molecule is COc1ccc2c(O[C@@H]3C[C@H]4C(=O)N[C@@H]5C[C@H]5CCCCCCC[C@H](NC(=O)OC(C)(C)C)C(=O)N4C3)nc(-c3ccccc3)cc2c1. The molecule has 48 heavy (non-hydrogen) atoms. The van der Waals surface area contributed by atoms with Gasteiger partial charge in [0, 0.05) is 23.4 Å². The number of benzene rings is 2. The third kappa shape index (κ3) is 8.20. The summed E-state index contributed by atoms with van der Waals surface area (Å²) >= 11 is 0. The van der Waals surface area contributed by atoms with Gasteiger partial charge in [0.2, 0.25) is 17.7 Å². The van der Waals surface area contributed by atoms with Crippen molar-refractivity contribution < 1.29 is 28.6 Å². The van der Waals surface area contributed by atoms with E-state index in [9.17, 15) is 14.4 Å². The normalized spacial score (nSPS) is 25.2. The van der Waals surface area contributed by atoms with E-state index in [0.717, 1.165) is 72.7 Å². The van der Waals surface area contributed by atoms with Gasteiger partial charge >= 0.3 is 6.09 Å². The van der Waals surface area contributed by atoms with E-state index in [2.05, 4.69) is 10.6 Å². The number of alkyl carbamates (subject to hydrolysis) is 1. The lowest BCUT2D eigenvalue weighted by molar-refractivity contribution is -0.140. The second kappa shape index (κ2) is 14.4. The molecule has 3 aromatic rings. The number of nitrogens with one attached hydrogen (secondary N) is 2. The molecule has 256 valence electrons. The van der Waals surface area contributed by atoms with Crippen LogP contribution < -0.4 is 20.1 Å². The summed E-state index contributed by atoms with van der Waals surface area (Å²) in [6.45, 7) is 5.56. The fourth-order valence-corrected chi connectivity index (χ4v) is 6.93. The number of fused-ring (bicyclic) bond motifs is 3. The Kier molecular flexibility index (Phi) is 10.1. The number of amides is 3. The summed E-state index contributed by atoms with van der Waals surface area (Å²) in [5, 5.41) is 7.78. The molecule has 0 unspecified atom stereocenters. The van der Waals surface area contributed by atoms with Gasteiger partial charge in [0.05, 0.1) is 19.3 Å². The Morgan fingerprint density at radius 1 is 0.958 bits per heavy atom. The van der Waals surface area contributed by atoms with Crippen molar-refractivity contribution >= 4 is 28.7 Å². The van der Waals surface area contributed by atoms with Crippen molar-refractivity contribution in [2.45, 2.75) is 108 Å². The summed E-state index contributed by atoms with van der Waals surface area (Å²) in [6.07, 6.45) is 6.82. The van der Waals surface area contributed by atoms with Gasteiger partial charge < -0.3 is 29.7 Å². The maximum Gasteiger partial charge on any atom is 0.408 e. The summed E-state index contributed by atoms with van der Waals surface area (Å²) in [5.41, 5.74) is 0.974. The largest absolute Gasteiger partial charge is 0.497 e. The molecule has 2 aromatic carbocycles. The van der Waals surface area contributed by atoms with E-state index in [4.69, 9.17) is 19.2 Å². The molecule has 3 heterocycles. The molecule has 0 bridgehead atoms. The maximum absolute atomic E-state index is 14.3. The highest BCUT2D eigenvalue weighted by Gasteiger charge is 2.46. The average Bonchev–Trinajstić information content (AvgIpc) is 3.65. The molecule has 10 heteroatoms. The molecule has 3 amide bonds. The Morgan fingerprint density at radius 3 is 2.46 bits per heavy atom. The molecule has 1 saturated carbocycles. The zero-order valence-corrected chi connectivity index (χ0v) is 28.5. The van der Waals surface area contributed by atoms with Gasteiger partial charge in [-0.1, -0.05) is 62.4 Å². The van der Waals surface area contributed by atoms with Crippen LogP contribution >= 0.6 is 0 Å². The minimum Gasteiger partial charge on any atom is -0.497 e. The molecule has 0 spiro atoms. The van der Waals surface area contributed by atoms with Crippen LogP contribution in [-0.2, 0) is 14.3 Å². The number of pyridine rings is 1. The lowest BCUT2D eigenvalue weighted by Gasteiger charge is -2.29. The number of hydrogen-bond donors (Lipinski definition) is 2. The zero-order chi connectivity index (χ0) is 33.8. The minimum atomic E-state index is -0.819. The first kappa shape index (κ1) is 33.6. The molecule has 0 radical (unpaired) electrons. The third-order valence-electron chi connectivity index (χ3n) is 9.51. The van der Waals surface area contributed by atoms with Gasteiger partial charge in [-0.2, -0.15) is 0 Å². The smallest absolute Gasteiger partial charge is 0.408 e. The van der Waals surface area contributed by atoms with Crippen LogP contribution in [0.1, 0.15) is 78.6 Å². The van der Waals surface area contributed by atoms with E-state index in [1.165, 1.54) is 0 Å². The van der Waals surface area contributed by atoms with Gasteiger partial charge in [0.25, 0.3) is 0 Å². The van der Waals surface area contributed by atoms with Crippen LogP contribution in [0.2, 0.25) is 0 Å². The summed E-state index contributed by atoms with van der Waals surface area (Å²) in [7, 11) is 1.63. The molecule has 10 nitrogen and oxygen atoms in total. The van der Waals surface area contributed by atoms with Crippen LogP contribution in [-0.4, -0.2) is 71.3 Å². The quantitative estimate of drug-likeness (QED) is 0.326. The van der Waals surface area contributed by atoms with E-state index in [-0.39, 0.29) is 24.4 Å². The minimum absolute atomic E-state index is 0.137. The number of carbonyl (C=O) groups excluding carboxylic acids is 3. The van der Waals surface area contributed by atoms with E-state index in [0.29, 0.717) is 24.6 Å². The number of aromatic nitrogens is 1. The molecule has 1 aromatic heterocycles. The van der Waals surface area contributed by atoms with E-state index < -0.39 is 29.9 Å². The van der Waals surface area contributed by atoms with Gasteiger partial charge in [-0.15, -0.1) is 0 Å². The van der Waals surface area contributed by atoms with Crippen LogP contribution in [0, 0.1) is 5.92 Å². The lowest BCUT2D eigenvalue weighted by atomic mass is 10.0. The fourth-order valence-electron chi connectivity index (χ4n) is 6.93. The van der Waals surface area contributed by atoms with Crippen molar-refractivity contribution in [1.82, 2.24) is 20.5 Å². The summed E-state index contributed by atoms with van der Waals surface area (Å²) in [6, 6.07) is 16.2. The molecule has 2 saturated heterocycles. The highest BCUT2D eigenvalue weighted by atomic mass is 16.6. The van der Waals surface area contributed by atoms with Crippen molar-refractivity contribution in [2.75, 3.05) is 13.7 Å². The van der Waals surface area contributed by atoms with Crippen molar-refractivity contribution in [1.29, 1.82) is 0 Å². The molecular formula is C38H48N4O6. The Hall–Kier alpha value is -4.34. The number of hydrogen-bond acceptors (Lipinski definition) is 7. The first-order chi connectivity index (χ1) is 23.1. The number of rotatable bonds is 5. The van der Waals surface area contributed by atoms with E-state index in [1.54, 1.807) is 32.8 Å². The summed E-state index contributed by atoms with van der Waals surface area (Å²) in [4.78, 5) is 47.6. The monoisotopic (exact) mass is 656 g/mol. The molecule has 2 aliphatic heterocycles. The molecule has 6 rings (SSSR count). The lowest BCUT2D eigenvalue weighted by Crippen LogP contribution is -2.54. The average molecular weight is 657 g/mol. The number of ether oxygens (including phenoxy) is 3. The molecular weight excluding hydrogens is 608 g/mol.